The van der Waals surface area contributed by atoms with Crippen molar-refractivity contribution in [3.63, 3.8) is 0 Å². The molecule has 1 N–H and O–H groups in total. The lowest BCUT2D eigenvalue weighted by atomic mass is 10.2. The van der Waals surface area contributed by atoms with Crippen LogP contribution >= 0.6 is 12.2 Å². The molecule has 0 atom stereocenters. The van der Waals surface area contributed by atoms with Gasteiger partial charge < -0.3 is 0 Å². The van der Waals surface area contributed by atoms with Gasteiger partial charge in [0.05, 0.1) is 5.52 Å². The lowest BCUT2D eigenvalue weighted by Crippen LogP contribution is -1.99. The van der Waals surface area contributed by atoms with Crippen molar-refractivity contribution >= 4 is 23.1 Å². The number of pyridine rings is 1. The number of nitrogens with one attached hydrogen (secondary N) is 1. The van der Waals surface area contributed by atoms with Crippen molar-refractivity contribution in [2.24, 2.45) is 0 Å². The van der Waals surface area contributed by atoms with E-state index in [1.165, 1.54) is 12.8 Å². The van der Waals surface area contributed by atoms with Crippen LogP contribution in [0.2, 0.25) is 0 Å². The highest BCUT2D eigenvalue weighted by Crippen LogP contribution is 2.37. The topological polar surface area (TPSA) is 46.5 Å². The number of hydrogen-bond acceptors (Lipinski definition) is 3. The minimum absolute atomic E-state index is 0.495. The van der Waals surface area contributed by atoms with Gasteiger partial charge in [0.15, 0.2) is 10.6 Å². The van der Waals surface area contributed by atoms with Gasteiger partial charge in [0, 0.05) is 11.4 Å². The molecule has 0 bridgehead atoms. The lowest BCUT2D eigenvalue weighted by molar-refractivity contribution is 0.733. The molecule has 0 radical (unpaired) electrons. The second-order valence-corrected chi connectivity index (χ2v) is 5.23. The summed E-state index contributed by atoms with van der Waals surface area (Å²) in [4.78, 5) is 4.68. The van der Waals surface area contributed by atoms with E-state index in [0.29, 0.717) is 10.8 Å². The van der Waals surface area contributed by atoms with E-state index >= 15 is 0 Å². The van der Waals surface area contributed by atoms with Crippen molar-refractivity contribution in [1.82, 2.24) is 19.7 Å². The second kappa shape index (κ2) is 3.99. The zero-order valence-corrected chi connectivity index (χ0v) is 11.0. The summed E-state index contributed by atoms with van der Waals surface area (Å²) in [6, 6.07) is 12.7. The van der Waals surface area contributed by atoms with Crippen LogP contribution in [-0.2, 0) is 0 Å². The predicted molar refractivity (Wildman–Crippen MR) is 76.4 cm³/mol. The van der Waals surface area contributed by atoms with Crippen molar-refractivity contribution < 1.29 is 0 Å². The van der Waals surface area contributed by atoms with Crippen LogP contribution in [0.1, 0.15) is 18.9 Å². The third-order valence-electron chi connectivity index (χ3n) is 3.44. The maximum atomic E-state index is 5.30. The van der Waals surface area contributed by atoms with Crippen LogP contribution in [0.3, 0.4) is 0 Å². The molecule has 4 rings (SSSR count). The number of hydrogen-bond donors (Lipinski definition) is 1. The first-order valence-corrected chi connectivity index (χ1v) is 6.77. The fraction of sp³-hybridized carbons (Fsp3) is 0.214. The van der Waals surface area contributed by atoms with E-state index in [-0.39, 0.29) is 0 Å². The van der Waals surface area contributed by atoms with Crippen molar-refractivity contribution in [3.05, 3.63) is 41.2 Å². The molecule has 1 aliphatic carbocycles. The van der Waals surface area contributed by atoms with Crippen molar-refractivity contribution in [2.75, 3.05) is 0 Å². The number of H-pyrrole nitrogens is 1. The Kier molecular flexibility index (Phi) is 2.29. The number of fused-ring (bicyclic) bond motifs is 1. The van der Waals surface area contributed by atoms with Crippen LogP contribution in [-0.4, -0.2) is 19.7 Å². The number of rotatable bonds is 2. The summed E-state index contributed by atoms with van der Waals surface area (Å²) in [5.74, 6) is 0.846. The zero-order valence-electron chi connectivity index (χ0n) is 10.2. The molecule has 5 heteroatoms. The molecular formula is C14H12N4S. The van der Waals surface area contributed by atoms with E-state index in [4.69, 9.17) is 12.2 Å². The minimum Gasteiger partial charge on any atom is -0.296 e. The predicted octanol–water partition coefficient (Wildman–Crippen LogP) is 3.49. The zero-order chi connectivity index (χ0) is 12.8. The molecule has 4 nitrogen and oxygen atoms in total. The summed E-state index contributed by atoms with van der Waals surface area (Å²) in [7, 11) is 0. The molecule has 0 unspecified atom stereocenters. The van der Waals surface area contributed by atoms with Crippen LogP contribution in [0.5, 0.6) is 0 Å². The van der Waals surface area contributed by atoms with Crippen LogP contribution < -0.4 is 0 Å². The molecule has 1 aromatic carbocycles. The van der Waals surface area contributed by atoms with Gasteiger partial charge in [-0.15, -0.1) is 0 Å². The molecule has 3 aromatic rings. The molecule has 1 fully saturated rings. The number of para-hydroxylation sites is 1. The van der Waals surface area contributed by atoms with Crippen molar-refractivity contribution in [3.8, 4) is 11.5 Å². The van der Waals surface area contributed by atoms with Gasteiger partial charge >= 0.3 is 0 Å². The monoisotopic (exact) mass is 268 g/mol. The lowest BCUT2D eigenvalue weighted by Gasteiger charge is -2.05. The van der Waals surface area contributed by atoms with Gasteiger partial charge in [-0.1, -0.05) is 24.3 Å². The Morgan fingerprint density at radius 3 is 2.84 bits per heavy atom. The summed E-state index contributed by atoms with van der Waals surface area (Å²) in [5, 5.41) is 8.36. The highest BCUT2D eigenvalue weighted by molar-refractivity contribution is 7.71. The number of nitrogens with zero attached hydrogens (tertiary/aromatic N) is 3. The summed E-state index contributed by atoms with van der Waals surface area (Å²) in [6.45, 7) is 0. The van der Waals surface area contributed by atoms with E-state index < -0.39 is 0 Å². The summed E-state index contributed by atoms with van der Waals surface area (Å²) in [6.07, 6.45) is 2.35. The average molecular weight is 268 g/mol. The van der Waals surface area contributed by atoms with Gasteiger partial charge in [0.2, 0.25) is 0 Å². The smallest absolute Gasteiger partial charge is 0.195 e. The van der Waals surface area contributed by atoms with Crippen LogP contribution in [0.25, 0.3) is 22.4 Å². The van der Waals surface area contributed by atoms with Gasteiger partial charge in [-0.25, -0.2) is 4.98 Å². The molecule has 0 amide bonds. The Morgan fingerprint density at radius 1 is 1.16 bits per heavy atom. The van der Waals surface area contributed by atoms with Crippen LogP contribution in [0.4, 0.5) is 0 Å². The molecule has 2 aromatic heterocycles. The third-order valence-corrected chi connectivity index (χ3v) is 3.73. The highest BCUT2D eigenvalue weighted by Gasteiger charge is 2.28. The summed E-state index contributed by atoms with van der Waals surface area (Å²) >= 11 is 5.30. The van der Waals surface area contributed by atoms with E-state index in [1.807, 2.05) is 24.3 Å². The molecule has 0 spiro atoms. The summed E-state index contributed by atoms with van der Waals surface area (Å²) < 4.78 is 2.78. The SMILES string of the molecule is S=c1[nH]nc(-c2ccc3ccccc3n2)n1C1CC1. The Hall–Kier alpha value is -2.01. The third kappa shape index (κ3) is 1.77. The molecule has 0 saturated heterocycles. The highest BCUT2D eigenvalue weighted by atomic mass is 32.1. The summed E-state index contributed by atoms with van der Waals surface area (Å²) in [5.41, 5.74) is 1.86. The number of benzene rings is 1. The van der Waals surface area contributed by atoms with Gasteiger partial charge in [0.25, 0.3) is 0 Å². The van der Waals surface area contributed by atoms with Crippen molar-refractivity contribution in [1.29, 1.82) is 0 Å². The minimum atomic E-state index is 0.495. The molecule has 1 aliphatic rings. The first-order valence-electron chi connectivity index (χ1n) is 6.36. The van der Waals surface area contributed by atoms with Crippen LogP contribution in [0, 0.1) is 4.77 Å². The number of aromatic nitrogens is 4. The Labute approximate surface area is 115 Å². The quantitative estimate of drug-likeness (QED) is 0.724. The molecule has 2 heterocycles. The molecular weight excluding hydrogens is 256 g/mol. The fourth-order valence-electron chi connectivity index (χ4n) is 2.35. The largest absolute Gasteiger partial charge is 0.296 e. The Morgan fingerprint density at radius 2 is 2.00 bits per heavy atom. The van der Waals surface area contributed by atoms with Crippen molar-refractivity contribution in [2.45, 2.75) is 18.9 Å². The first-order chi connectivity index (χ1) is 9.33. The fourth-order valence-corrected chi connectivity index (χ4v) is 2.63. The van der Waals surface area contributed by atoms with Crippen LogP contribution in [0.15, 0.2) is 36.4 Å². The Bertz CT molecular complexity index is 813. The number of aromatic amines is 1. The van der Waals surface area contributed by atoms with Gasteiger partial charge in [-0.2, -0.15) is 5.10 Å². The molecule has 94 valence electrons. The molecule has 1 saturated carbocycles. The average Bonchev–Trinajstić information content (AvgIpc) is 3.21. The molecule has 0 aliphatic heterocycles. The second-order valence-electron chi connectivity index (χ2n) is 4.84. The van der Waals surface area contributed by atoms with Gasteiger partial charge in [-0.05, 0) is 37.2 Å². The van der Waals surface area contributed by atoms with E-state index in [0.717, 1.165) is 22.4 Å². The Balaban J connectivity index is 1.92. The maximum absolute atomic E-state index is 5.30. The normalized spacial score (nSPS) is 14.9. The maximum Gasteiger partial charge on any atom is 0.195 e. The van der Waals surface area contributed by atoms with E-state index in [1.54, 1.807) is 0 Å². The van der Waals surface area contributed by atoms with Gasteiger partial charge in [-0.3, -0.25) is 9.67 Å². The van der Waals surface area contributed by atoms with Gasteiger partial charge in [0.1, 0.15) is 5.69 Å². The van der Waals surface area contributed by atoms with E-state index in [9.17, 15) is 0 Å². The standard InChI is InChI=1S/C14H12N4S/c19-14-17-16-13(18(14)10-6-7-10)12-8-5-9-3-1-2-4-11(9)15-12/h1-5,8,10H,6-7H2,(H,17,19). The first kappa shape index (κ1) is 10.9. The van der Waals surface area contributed by atoms with E-state index in [2.05, 4.69) is 31.9 Å². The molecule has 19 heavy (non-hydrogen) atoms.